The molecule has 0 radical (unpaired) electrons. The van der Waals surface area contributed by atoms with Gasteiger partial charge in [-0.25, -0.2) is 4.98 Å². The van der Waals surface area contributed by atoms with Crippen molar-refractivity contribution >= 4 is 39.2 Å². The number of benzene rings is 1. The van der Waals surface area contributed by atoms with Gasteiger partial charge in [0.2, 0.25) is 5.91 Å². The maximum Gasteiger partial charge on any atom is 0.267 e. The molecule has 1 fully saturated rings. The number of carbonyl (C=O) groups excluding carboxylic acids is 1. The minimum atomic E-state index is -0.281. The summed E-state index contributed by atoms with van der Waals surface area (Å²) in [6.45, 7) is 3.59. The first kappa shape index (κ1) is 19.8. The van der Waals surface area contributed by atoms with E-state index in [0.29, 0.717) is 5.16 Å². The average molecular weight is 440 g/mol. The number of thioether (sulfide) groups is 1. The summed E-state index contributed by atoms with van der Waals surface area (Å²) in [7, 11) is 0. The number of fused-ring (bicyclic) bond motifs is 3. The van der Waals surface area contributed by atoms with Gasteiger partial charge in [-0.3, -0.25) is 14.2 Å². The molecule has 3 aromatic rings. The smallest absolute Gasteiger partial charge is 0.267 e. The first-order valence-corrected chi connectivity index (χ1v) is 12.4. The Balaban J connectivity index is 1.62. The van der Waals surface area contributed by atoms with Crippen molar-refractivity contribution in [2.45, 2.75) is 55.9 Å². The number of nitrogens with zero attached hydrogens (tertiary/aromatic N) is 3. The molecule has 2 aromatic heterocycles. The van der Waals surface area contributed by atoms with E-state index in [1.54, 1.807) is 15.9 Å². The topological polar surface area (TPSA) is 55.2 Å². The Kier molecular flexibility index (Phi) is 5.41. The highest BCUT2D eigenvalue weighted by atomic mass is 32.2. The Morgan fingerprint density at radius 1 is 1.10 bits per heavy atom. The Morgan fingerprint density at radius 3 is 2.60 bits per heavy atom. The van der Waals surface area contributed by atoms with Crippen molar-refractivity contribution in [2.24, 2.45) is 0 Å². The van der Waals surface area contributed by atoms with Gasteiger partial charge in [0.05, 0.1) is 16.3 Å². The van der Waals surface area contributed by atoms with Gasteiger partial charge in [0.25, 0.3) is 5.56 Å². The van der Waals surface area contributed by atoms with Crippen LogP contribution >= 0.6 is 23.1 Å². The largest absolute Gasteiger partial charge is 0.342 e. The maximum absolute atomic E-state index is 13.7. The van der Waals surface area contributed by atoms with Gasteiger partial charge in [-0.05, 0) is 63.1 Å². The van der Waals surface area contributed by atoms with Crippen LogP contribution in [0.5, 0.6) is 0 Å². The van der Waals surface area contributed by atoms with Crippen LogP contribution in [0.1, 0.15) is 43.0 Å². The van der Waals surface area contributed by atoms with Crippen LogP contribution in [0.25, 0.3) is 15.9 Å². The van der Waals surface area contributed by atoms with E-state index in [4.69, 9.17) is 4.98 Å². The predicted octanol–water partition coefficient (Wildman–Crippen LogP) is 4.43. The number of hydrogen-bond acceptors (Lipinski definition) is 5. The normalized spacial score (nSPS) is 17.3. The number of aryl methyl sites for hydroxylation is 2. The Morgan fingerprint density at radius 2 is 1.83 bits per heavy atom. The van der Waals surface area contributed by atoms with Gasteiger partial charge in [0.1, 0.15) is 4.83 Å². The first-order chi connectivity index (χ1) is 14.6. The number of hydrogen-bond donors (Lipinski definition) is 0. The molecular weight excluding hydrogens is 414 g/mol. The Bertz CT molecular complexity index is 1150. The van der Waals surface area contributed by atoms with E-state index in [9.17, 15) is 9.59 Å². The summed E-state index contributed by atoms with van der Waals surface area (Å²) in [5.41, 5.74) is 1.99. The fourth-order valence-electron chi connectivity index (χ4n) is 4.47. The third-order valence-corrected chi connectivity index (χ3v) is 8.25. The molecule has 0 spiro atoms. The molecule has 1 amide bonds. The van der Waals surface area contributed by atoms with Crippen LogP contribution in [0, 0.1) is 0 Å². The van der Waals surface area contributed by atoms with E-state index < -0.39 is 0 Å². The highest BCUT2D eigenvalue weighted by Gasteiger charge is 2.28. The molecule has 0 N–H and O–H groups in total. The molecule has 2 aliphatic rings. The average Bonchev–Trinajstić information content (AvgIpc) is 3.42. The summed E-state index contributed by atoms with van der Waals surface area (Å²) >= 11 is 3.06. The predicted molar refractivity (Wildman–Crippen MR) is 123 cm³/mol. The summed E-state index contributed by atoms with van der Waals surface area (Å²) in [5.74, 6) is 0.136. The Labute approximate surface area is 184 Å². The summed E-state index contributed by atoms with van der Waals surface area (Å²) in [6, 6.07) is 9.68. The van der Waals surface area contributed by atoms with Crippen molar-refractivity contribution in [1.82, 2.24) is 14.5 Å². The molecule has 1 unspecified atom stereocenters. The number of para-hydroxylation sites is 1. The van der Waals surface area contributed by atoms with Crippen molar-refractivity contribution < 1.29 is 4.79 Å². The van der Waals surface area contributed by atoms with Gasteiger partial charge in [-0.2, -0.15) is 0 Å². The number of carbonyl (C=O) groups is 1. The van der Waals surface area contributed by atoms with Crippen LogP contribution in [-0.2, 0) is 17.6 Å². The number of likely N-dealkylation sites (tertiary alicyclic amines) is 1. The third-order valence-electron chi connectivity index (χ3n) is 6.02. The van der Waals surface area contributed by atoms with Crippen LogP contribution < -0.4 is 5.56 Å². The summed E-state index contributed by atoms with van der Waals surface area (Å²) < 4.78 is 1.71. The van der Waals surface area contributed by atoms with Crippen LogP contribution in [0.15, 0.2) is 40.3 Å². The zero-order valence-electron chi connectivity index (χ0n) is 17.1. The van der Waals surface area contributed by atoms with Gasteiger partial charge in [0, 0.05) is 18.0 Å². The van der Waals surface area contributed by atoms with E-state index in [-0.39, 0.29) is 16.7 Å². The highest BCUT2D eigenvalue weighted by Crippen LogP contribution is 2.36. The molecule has 0 saturated carbocycles. The SMILES string of the molecule is CC(Sc1nc2sc3c(c2c(=O)n1-c1ccccc1)CCCC3)C(=O)N1CCCC1. The second-order valence-corrected chi connectivity index (χ2v) is 10.4. The lowest BCUT2D eigenvalue weighted by Crippen LogP contribution is -2.34. The molecule has 30 heavy (non-hydrogen) atoms. The van der Waals surface area contributed by atoms with Crippen LogP contribution in [0.3, 0.4) is 0 Å². The number of amides is 1. The lowest BCUT2D eigenvalue weighted by atomic mass is 9.97. The molecule has 1 atom stereocenters. The molecule has 1 aromatic carbocycles. The van der Waals surface area contributed by atoms with E-state index in [0.717, 1.165) is 61.1 Å². The molecule has 5 rings (SSSR count). The van der Waals surface area contributed by atoms with Gasteiger partial charge in [-0.15, -0.1) is 11.3 Å². The zero-order chi connectivity index (χ0) is 20.7. The highest BCUT2D eigenvalue weighted by molar-refractivity contribution is 8.00. The molecule has 1 aliphatic heterocycles. The molecule has 1 aliphatic carbocycles. The maximum atomic E-state index is 13.7. The molecule has 1 saturated heterocycles. The van der Waals surface area contributed by atoms with Crippen LogP contribution in [-0.4, -0.2) is 38.7 Å². The van der Waals surface area contributed by atoms with Gasteiger partial charge >= 0.3 is 0 Å². The summed E-state index contributed by atoms with van der Waals surface area (Å²) in [6.07, 6.45) is 6.44. The van der Waals surface area contributed by atoms with E-state index >= 15 is 0 Å². The van der Waals surface area contributed by atoms with Crippen molar-refractivity contribution in [1.29, 1.82) is 0 Å². The van der Waals surface area contributed by atoms with E-state index in [1.807, 2.05) is 42.2 Å². The van der Waals surface area contributed by atoms with Crippen LogP contribution in [0.2, 0.25) is 0 Å². The number of aromatic nitrogens is 2. The molecule has 7 heteroatoms. The van der Waals surface area contributed by atoms with Crippen molar-refractivity contribution in [3.8, 4) is 5.69 Å². The first-order valence-electron chi connectivity index (χ1n) is 10.7. The van der Waals surface area contributed by atoms with Gasteiger partial charge in [-0.1, -0.05) is 30.0 Å². The second-order valence-electron chi connectivity index (χ2n) is 8.05. The molecular formula is C23H25N3O2S2. The van der Waals surface area contributed by atoms with Gasteiger partial charge in [0.15, 0.2) is 5.16 Å². The van der Waals surface area contributed by atoms with Gasteiger partial charge < -0.3 is 4.90 Å². The number of rotatable bonds is 4. The third kappa shape index (κ3) is 3.48. The summed E-state index contributed by atoms with van der Waals surface area (Å²) in [5, 5.41) is 1.11. The van der Waals surface area contributed by atoms with E-state index in [1.165, 1.54) is 28.6 Å². The minimum absolute atomic E-state index is 0.00563. The molecule has 3 heterocycles. The second kappa shape index (κ2) is 8.19. The van der Waals surface area contributed by atoms with Crippen LogP contribution in [0.4, 0.5) is 0 Å². The quantitative estimate of drug-likeness (QED) is 0.446. The lowest BCUT2D eigenvalue weighted by molar-refractivity contribution is -0.129. The van der Waals surface area contributed by atoms with Crippen molar-refractivity contribution in [3.63, 3.8) is 0 Å². The summed E-state index contributed by atoms with van der Waals surface area (Å²) in [4.78, 5) is 35.6. The molecule has 156 valence electrons. The van der Waals surface area contributed by atoms with E-state index in [2.05, 4.69) is 0 Å². The monoisotopic (exact) mass is 439 g/mol. The fraction of sp³-hybridized carbons (Fsp3) is 0.435. The van der Waals surface area contributed by atoms with Crippen molar-refractivity contribution in [2.75, 3.05) is 13.1 Å². The lowest BCUT2D eigenvalue weighted by Gasteiger charge is -2.21. The minimum Gasteiger partial charge on any atom is -0.342 e. The fourth-order valence-corrected chi connectivity index (χ4v) is 6.79. The standard InChI is InChI=1S/C23H25N3O2S2/c1-15(21(27)25-13-7-8-14-25)29-23-24-20-19(17-11-5-6-12-18(17)30-20)22(28)26(23)16-9-3-2-4-10-16/h2-4,9-10,15H,5-8,11-14H2,1H3. The van der Waals surface area contributed by atoms with Crippen molar-refractivity contribution in [3.05, 3.63) is 51.1 Å². The number of thiophene rings is 1. The molecule has 0 bridgehead atoms. The zero-order valence-corrected chi connectivity index (χ0v) is 18.7. The Hall–Kier alpha value is -2.12. The molecule has 5 nitrogen and oxygen atoms in total.